The topological polar surface area (TPSA) is 21.3 Å². The summed E-state index contributed by atoms with van der Waals surface area (Å²) in [5.41, 5.74) is 2.44. The van der Waals surface area contributed by atoms with E-state index in [1.807, 2.05) is 12.1 Å². The minimum absolute atomic E-state index is 0.175. The SMILES string of the molecule is CCNC(c1ccsc1)c1cc(Br)ccc1OC. The zero-order valence-corrected chi connectivity index (χ0v) is 12.8. The summed E-state index contributed by atoms with van der Waals surface area (Å²) in [6, 6.07) is 8.44. The molecule has 1 N–H and O–H groups in total. The van der Waals surface area contributed by atoms with Gasteiger partial charge in [-0.25, -0.2) is 0 Å². The van der Waals surface area contributed by atoms with Crippen LogP contribution in [-0.4, -0.2) is 13.7 Å². The van der Waals surface area contributed by atoms with Crippen LogP contribution in [0.25, 0.3) is 0 Å². The lowest BCUT2D eigenvalue weighted by molar-refractivity contribution is 0.404. The molecule has 0 saturated heterocycles. The highest BCUT2D eigenvalue weighted by Gasteiger charge is 2.18. The summed E-state index contributed by atoms with van der Waals surface area (Å²) in [7, 11) is 1.71. The van der Waals surface area contributed by atoms with Gasteiger partial charge in [0, 0.05) is 10.0 Å². The number of hydrogen-bond acceptors (Lipinski definition) is 3. The van der Waals surface area contributed by atoms with Crippen LogP contribution in [0.2, 0.25) is 0 Å². The van der Waals surface area contributed by atoms with E-state index in [4.69, 9.17) is 4.74 Å². The first-order chi connectivity index (χ1) is 8.76. The maximum Gasteiger partial charge on any atom is 0.124 e. The van der Waals surface area contributed by atoms with E-state index < -0.39 is 0 Å². The van der Waals surface area contributed by atoms with Gasteiger partial charge in [0.15, 0.2) is 0 Å². The van der Waals surface area contributed by atoms with Crippen LogP contribution in [0.1, 0.15) is 24.1 Å². The minimum atomic E-state index is 0.175. The van der Waals surface area contributed by atoms with Crippen molar-refractivity contribution in [3.05, 3.63) is 50.6 Å². The van der Waals surface area contributed by atoms with E-state index in [9.17, 15) is 0 Å². The molecule has 2 nitrogen and oxygen atoms in total. The van der Waals surface area contributed by atoms with E-state index in [0.717, 1.165) is 22.3 Å². The van der Waals surface area contributed by atoms with E-state index in [-0.39, 0.29) is 6.04 Å². The lowest BCUT2D eigenvalue weighted by Gasteiger charge is -2.20. The number of hydrogen-bond donors (Lipinski definition) is 1. The highest BCUT2D eigenvalue weighted by atomic mass is 79.9. The number of benzene rings is 1. The van der Waals surface area contributed by atoms with Gasteiger partial charge in [-0.3, -0.25) is 0 Å². The second kappa shape index (κ2) is 6.36. The van der Waals surface area contributed by atoms with Gasteiger partial charge in [0.2, 0.25) is 0 Å². The molecule has 96 valence electrons. The largest absolute Gasteiger partial charge is 0.496 e. The van der Waals surface area contributed by atoms with Crippen LogP contribution in [0, 0.1) is 0 Å². The van der Waals surface area contributed by atoms with Crippen molar-refractivity contribution in [3.63, 3.8) is 0 Å². The highest BCUT2D eigenvalue weighted by molar-refractivity contribution is 9.10. The maximum absolute atomic E-state index is 5.47. The number of thiophene rings is 1. The quantitative estimate of drug-likeness (QED) is 0.888. The third kappa shape index (κ3) is 2.94. The number of methoxy groups -OCH3 is 1. The minimum Gasteiger partial charge on any atom is -0.496 e. The summed E-state index contributed by atoms with van der Waals surface area (Å²) in [5.74, 6) is 0.912. The van der Waals surface area contributed by atoms with Gasteiger partial charge in [0.25, 0.3) is 0 Å². The van der Waals surface area contributed by atoms with Gasteiger partial charge in [-0.15, -0.1) is 0 Å². The molecular weight excluding hydrogens is 310 g/mol. The predicted octanol–water partition coefficient (Wildman–Crippen LogP) is 4.22. The standard InChI is InChI=1S/C14H16BrNOS/c1-3-16-14(10-6-7-18-9-10)12-8-11(15)4-5-13(12)17-2/h4-9,14,16H,3H2,1-2H3. The average molecular weight is 326 g/mol. The Bertz CT molecular complexity index is 499. The summed E-state index contributed by atoms with van der Waals surface area (Å²) in [6.07, 6.45) is 0. The molecule has 4 heteroatoms. The number of ether oxygens (including phenoxy) is 1. The van der Waals surface area contributed by atoms with Crippen LogP contribution < -0.4 is 10.1 Å². The summed E-state index contributed by atoms with van der Waals surface area (Å²) < 4.78 is 6.53. The Kier molecular flexibility index (Phi) is 4.80. The van der Waals surface area contributed by atoms with Crippen molar-refractivity contribution in [1.82, 2.24) is 5.32 Å². The van der Waals surface area contributed by atoms with Crippen LogP contribution in [0.3, 0.4) is 0 Å². The van der Waals surface area contributed by atoms with Crippen LogP contribution >= 0.6 is 27.3 Å². The Morgan fingerprint density at radius 1 is 1.39 bits per heavy atom. The fourth-order valence-electron chi connectivity index (χ4n) is 1.98. The second-order valence-electron chi connectivity index (χ2n) is 3.93. The molecule has 1 atom stereocenters. The normalized spacial score (nSPS) is 12.4. The molecule has 1 heterocycles. The molecule has 2 rings (SSSR count). The molecule has 0 saturated carbocycles. The Morgan fingerprint density at radius 2 is 2.22 bits per heavy atom. The Balaban J connectivity index is 2.45. The third-order valence-electron chi connectivity index (χ3n) is 2.79. The zero-order valence-electron chi connectivity index (χ0n) is 10.4. The molecule has 1 unspecified atom stereocenters. The fourth-order valence-corrected chi connectivity index (χ4v) is 3.05. The van der Waals surface area contributed by atoms with E-state index in [0.29, 0.717) is 0 Å². The summed E-state index contributed by atoms with van der Waals surface area (Å²) in [5, 5.41) is 7.78. The van der Waals surface area contributed by atoms with Crippen molar-refractivity contribution in [2.75, 3.05) is 13.7 Å². The van der Waals surface area contributed by atoms with Crippen molar-refractivity contribution in [2.24, 2.45) is 0 Å². The van der Waals surface area contributed by atoms with Crippen LogP contribution in [0.5, 0.6) is 5.75 Å². The van der Waals surface area contributed by atoms with E-state index in [1.165, 1.54) is 5.56 Å². The summed E-state index contributed by atoms with van der Waals surface area (Å²) in [6.45, 7) is 3.03. The summed E-state index contributed by atoms with van der Waals surface area (Å²) >= 11 is 5.24. The lowest BCUT2D eigenvalue weighted by atomic mass is 10.0. The number of halogens is 1. The van der Waals surface area contributed by atoms with Gasteiger partial charge in [-0.05, 0) is 47.1 Å². The molecule has 0 spiro atoms. The molecule has 0 fully saturated rings. The van der Waals surface area contributed by atoms with Gasteiger partial charge in [0.1, 0.15) is 5.75 Å². The van der Waals surface area contributed by atoms with Gasteiger partial charge >= 0.3 is 0 Å². The van der Waals surface area contributed by atoms with Gasteiger partial charge < -0.3 is 10.1 Å². The first-order valence-electron chi connectivity index (χ1n) is 5.85. The molecule has 0 aliphatic rings. The van der Waals surface area contributed by atoms with E-state index >= 15 is 0 Å². The molecule has 0 aliphatic heterocycles. The smallest absolute Gasteiger partial charge is 0.124 e. The molecule has 18 heavy (non-hydrogen) atoms. The van der Waals surface area contributed by atoms with Crippen molar-refractivity contribution in [1.29, 1.82) is 0 Å². The molecule has 0 aliphatic carbocycles. The second-order valence-corrected chi connectivity index (χ2v) is 5.63. The molecule has 2 aromatic rings. The molecule has 0 bridgehead atoms. The lowest BCUT2D eigenvalue weighted by Crippen LogP contribution is -2.22. The summed E-state index contributed by atoms with van der Waals surface area (Å²) in [4.78, 5) is 0. The average Bonchev–Trinajstić information content (AvgIpc) is 2.89. The van der Waals surface area contributed by atoms with E-state index in [1.54, 1.807) is 18.4 Å². The molecule has 1 aromatic heterocycles. The maximum atomic E-state index is 5.47. The first-order valence-corrected chi connectivity index (χ1v) is 7.58. The van der Waals surface area contributed by atoms with Crippen molar-refractivity contribution in [3.8, 4) is 5.75 Å². The zero-order chi connectivity index (χ0) is 13.0. The van der Waals surface area contributed by atoms with Crippen LogP contribution in [0.4, 0.5) is 0 Å². The molecular formula is C14H16BrNOS. The first kappa shape index (κ1) is 13.6. The molecule has 0 radical (unpaired) electrons. The van der Waals surface area contributed by atoms with Crippen molar-refractivity contribution < 1.29 is 4.74 Å². The Labute approximate surface area is 120 Å². The van der Waals surface area contributed by atoms with Gasteiger partial charge in [-0.1, -0.05) is 22.9 Å². The number of nitrogens with one attached hydrogen (secondary N) is 1. The van der Waals surface area contributed by atoms with Crippen LogP contribution in [-0.2, 0) is 0 Å². The Hall–Kier alpha value is -0.840. The Morgan fingerprint density at radius 3 is 2.83 bits per heavy atom. The van der Waals surface area contributed by atoms with E-state index in [2.05, 4.69) is 51.1 Å². The van der Waals surface area contributed by atoms with Gasteiger partial charge in [0.05, 0.1) is 13.2 Å². The third-order valence-corrected chi connectivity index (χ3v) is 3.98. The predicted molar refractivity (Wildman–Crippen MR) is 80.5 cm³/mol. The van der Waals surface area contributed by atoms with Gasteiger partial charge in [-0.2, -0.15) is 11.3 Å². The van der Waals surface area contributed by atoms with Crippen LogP contribution in [0.15, 0.2) is 39.5 Å². The monoisotopic (exact) mass is 325 g/mol. The van der Waals surface area contributed by atoms with Crippen molar-refractivity contribution >= 4 is 27.3 Å². The highest BCUT2D eigenvalue weighted by Crippen LogP contribution is 2.33. The fraction of sp³-hybridized carbons (Fsp3) is 0.286. The number of rotatable bonds is 5. The molecule has 1 aromatic carbocycles. The van der Waals surface area contributed by atoms with Crippen molar-refractivity contribution in [2.45, 2.75) is 13.0 Å². The molecule has 0 amide bonds.